The molecule has 60 heavy (non-hydrogen) atoms. The van der Waals surface area contributed by atoms with Gasteiger partial charge in [0.05, 0.1) is 49.7 Å². The summed E-state index contributed by atoms with van der Waals surface area (Å²) in [4.78, 5) is 0. The van der Waals surface area contributed by atoms with Crippen LogP contribution in [0.2, 0.25) is 0 Å². The molecule has 5 heteroatoms. The Morgan fingerprint density at radius 1 is 0.283 bits per heavy atom. The van der Waals surface area contributed by atoms with Crippen molar-refractivity contribution < 1.29 is 0 Å². The Kier molecular flexibility index (Phi) is 6.73. The number of nitriles is 1. The maximum atomic E-state index is 10.5. The van der Waals surface area contributed by atoms with Gasteiger partial charge in [0.1, 0.15) is 6.07 Å². The van der Waals surface area contributed by atoms with Crippen LogP contribution in [0.5, 0.6) is 0 Å². The Morgan fingerprint density at radius 2 is 0.733 bits per heavy atom. The standard InChI is InChI=1S/C55H33N5/c56-34-35-15-14-24-44-52-50(59(53(35)44)38-20-8-3-9-21-38)32-29-42-45-33-39(27-30-48(45)58(55(42)52)37-18-6-2-7-19-37)60-46-25-12-10-22-40(46)41-28-31-49-51(54(41)60)43-23-11-13-26-47(43)57(49)36-16-4-1-5-17-36/h1-33H. The second-order valence-electron chi connectivity index (χ2n) is 15.6. The molecule has 0 amide bonds. The van der Waals surface area contributed by atoms with Crippen LogP contribution in [0.1, 0.15) is 5.56 Å². The molecule has 278 valence electrons. The summed E-state index contributed by atoms with van der Waals surface area (Å²) in [5, 5.41) is 19.9. The molecule has 0 fully saturated rings. The fourth-order valence-electron chi connectivity index (χ4n) is 10.2. The molecule has 13 aromatic rings. The predicted molar refractivity (Wildman–Crippen MR) is 249 cm³/mol. The summed E-state index contributed by atoms with van der Waals surface area (Å²) in [6.45, 7) is 0. The lowest BCUT2D eigenvalue weighted by atomic mass is 10.1. The largest absolute Gasteiger partial charge is 0.309 e. The van der Waals surface area contributed by atoms with Crippen molar-refractivity contribution in [2.75, 3.05) is 0 Å². The van der Waals surface area contributed by atoms with E-state index in [0.717, 1.165) is 66.4 Å². The van der Waals surface area contributed by atoms with E-state index in [-0.39, 0.29) is 0 Å². The van der Waals surface area contributed by atoms with Crippen molar-refractivity contribution in [3.63, 3.8) is 0 Å². The van der Waals surface area contributed by atoms with Gasteiger partial charge < -0.3 is 18.3 Å². The van der Waals surface area contributed by atoms with E-state index < -0.39 is 0 Å². The number of para-hydroxylation sites is 6. The molecule has 0 N–H and O–H groups in total. The average Bonchev–Trinajstić information content (AvgIpc) is 4.04. The van der Waals surface area contributed by atoms with E-state index in [1.165, 1.54) is 43.6 Å². The topological polar surface area (TPSA) is 43.5 Å². The highest BCUT2D eigenvalue weighted by Gasteiger charge is 2.25. The van der Waals surface area contributed by atoms with E-state index in [1.807, 2.05) is 18.2 Å². The molecule has 0 saturated heterocycles. The van der Waals surface area contributed by atoms with Gasteiger partial charge in [-0.15, -0.1) is 0 Å². The Balaban J connectivity index is 1.18. The molecule has 4 aromatic heterocycles. The van der Waals surface area contributed by atoms with Gasteiger partial charge in [-0.25, -0.2) is 0 Å². The molecule has 0 bridgehead atoms. The summed E-state index contributed by atoms with van der Waals surface area (Å²) in [6, 6.07) is 74.1. The van der Waals surface area contributed by atoms with Gasteiger partial charge in [-0.05, 0) is 84.9 Å². The molecule has 0 unspecified atom stereocenters. The van der Waals surface area contributed by atoms with Gasteiger partial charge in [-0.2, -0.15) is 5.26 Å². The minimum atomic E-state index is 0.650. The number of hydrogen-bond acceptors (Lipinski definition) is 1. The zero-order valence-electron chi connectivity index (χ0n) is 32.3. The van der Waals surface area contributed by atoms with Crippen molar-refractivity contribution >= 4 is 87.2 Å². The third kappa shape index (κ3) is 4.34. The predicted octanol–water partition coefficient (Wildman–Crippen LogP) is 13.9. The van der Waals surface area contributed by atoms with E-state index in [9.17, 15) is 5.26 Å². The summed E-state index contributed by atoms with van der Waals surface area (Å²) in [7, 11) is 0. The van der Waals surface area contributed by atoms with Crippen molar-refractivity contribution in [2.24, 2.45) is 0 Å². The molecule has 5 nitrogen and oxygen atoms in total. The molecule has 0 spiro atoms. The van der Waals surface area contributed by atoms with Crippen LogP contribution in [0.3, 0.4) is 0 Å². The minimum Gasteiger partial charge on any atom is -0.309 e. The monoisotopic (exact) mass is 763 g/mol. The molecule has 9 aromatic carbocycles. The van der Waals surface area contributed by atoms with E-state index >= 15 is 0 Å². The lowest BCUT2D eigenvalue weighted by Gasteiger charge is -2.12. The molecular weight excluding hydrogens is 731 g/mol. The first-order valence-corrected chi connectivity index (χ1v) is 20.3. The van der Waals surface area contributed by atoms with Gasteiger partial charge >= 0.3 is 0 Å². The van der Waals surface area contributed by atoms with Crippen LogP contribution in [0, 0.1) is 11.3 Å². The number of rotatable bonds is 4. The maximum absolute atomic E-state index is 10.5. The highest BCUT2D eigenvalue weighted by atomic mass is 15.0. The summed E-state index contributed by atoms with van der Waals surface area (Å²) in [5.74, 6) is 0. The van der Waals surface area contributed by atoms with Gasteiger partial charge in [0.2, 0.25) is 0 Å². The normalized spacial score (nSPS) is 12.0. The molecule has 0 saturated carbocycles. The summed E-state index contributed by atoms with van der Waals surface area (Å²) >= 11 is 0. The fourth-order valence-corrected chi connectivity index (χ4v) is 10.2. The second kappa shape index (κ2) is 12.3. The zero-order chi connectivity index (χ0) is 39.5. The first-order chi connectivity index (χ1) is 29.8. The second-order valence-corrected chi connectivity index (χ2v) is 15.6. The lowest BCUT2D eigenvalue weighted by Crippen LogP contribution is -1.97. The number of fused-ring (bicyclic) bond motifs is 14. The van der Waals surface area contributed by atoms with Crippen molar-refractivity contribution in [3.8, 4) is 28.8 Å². The minimum absolute atomic E-state index is 0.650. The van der Waals surface area contributed by atoms with Crippen LogP contribution < -0.4 is 0 Å². The maximum Gasteiger partial charge on any atom is 0.101 e. The van der Waals surface area contributed by atoms with Gasteiger partial charge in [-0.3, -0.25) is 0 Å². The van der Waals surface area contributed by atoms with Crippen LogP contribution in [-0.2, 0) is 0 Å². The average molecular weight is 764 g/mol. The molecule has 0 radical (unpaired) electrons. The first kappa shape index (κ1) is 32.7. The molecule has 4 heterocycles. The van der Waals surface area contributed by atoms with Crippen LogP contribution in [0.25, 0.3) is 110 Å². The third-order valence-electron chi connectivity index (χ3n) is 12.6. The van der Waals surface area contributed by atoms with E-state index in [4.69, 9.17) is 0 Å². The zero-order valence-corrected chi connectivity index (χ0v) is 32.3. The third-order valence-corrected chi connectivity index (χ3v) is 12.6. The number of nitrogens with zero attached hydrogens (tertiary/aromatic N) is 5. The van der Waals surface area contributed by atoms with Crippen LogP contribution >= 0.6 is 0 Å². The molecule has 0 aliphatic heterocycles. The quantitative estimate of drug-likeness (QED) is 0.176. The molecular formula is C55H33N5. The highest BCUT2D eigenvalue weighted by Crippen LogP contribution is 2.45. The van der Waals surface area contributed by atoms with E-state index in [2.05, 4.69) is 206 Å². The summed E-state index contributed by atoms with van der Waals surface area (Å²) in [6.07, 6.45) is 0. The van der Waals surface area contributed by atoms with Gasteiger partial charge in [0, 0.05) is 65.8 Å². The summed E-state index contributed by atoms with van der Waals surface area (Å²) < 4.78 is 9.56. The summed E-state index contributed by atoms with van der Waals surface area (Å²) in [5.41, 5.74) is 13.9. The molecule has 0 aliphatic rings. The lowest BCUT2D eigenvalue weighted by molar-refractivity contribution is 1.16. The Bertz CT molecular complexity index is 3930. The number of hydrogen-bond donors (Lipinski definition) is 0. The van der Waals surface area contributed by atoms with E-state index in [0.29, 0.717) is 5.56 Å². The highest BCUT2D eigenvalue weighted by molar-refractivity contribution is 6.28. The Morgan fingerprint density at radius 3 is 1.38 bits per heavy atom. The fraction of sp³-hybridized carbons (Fsp3) is 0. The van der Waals surface area contributed by atoms with Crippen LogP contribution in [0.15, 0.2) is 200 Å². The first-order valence-electron chi connectivity index (χ1n) is 20.3. The van der Waals surface area contributed by atoms with Gasteiger partial charge in [0.25, 0.3) is 0 Å². The molecule has 0 atom stereocenters. The number of aromatic nitrogens is 4. The SMILES string of the molecule is N#Cc1cccc2c3c(ccc4c5cc(-n6c7ccccc7c7ccc8c(c9ccccc9n8-c8ccccc8)c76)ccc5n(-c5ccccc5)c43)n(-c3ccccc3)c12. The van der Waals surface area contributed by atoms with E-state index in [1.54, 1.807) is 0 Å². The van der Waals surface area contributed by atoms with Crippen LogP contribution in [-0.4, -0.2) is 18.3 Å². The van der Waals surface area contributed by atoms with Crippen molar-refractivity contribution in [1.82, 2.24) is 18.3 Å². The Hall–Kier alpha value is -8.33. The van der Waals surface area contributed by atoms with Gasteiger partial charge in [-0.1, -0.05) is 115 Å². The van der Waals surface area contributed by atoms with Crippen molar-refractivity contribution in [1.29, 1.82) is 5.26 Å². The van der Waals surface area contributed by atoms with Crippen molar-refractivity contribution in [2.45, 2.75) is 0 Å². The number of benzene rings is 9. The van der Waals surface area contributed by atoms with Crippen molar-refractivity contribution in [3.05, 3.63) is 206 Å². The smallest absolute Gasteiger partial charge is 0.101 e. The molecule has 0 aliphatic carbocycles. The molecule has 13 rings (SSSR count). The van der Waals surface area contributed by atoms with Gasteiger partial charge in [0.15, 0.2) is 0 Å². The van der Waals surface area contributed by atoms with Crippen LogP contribution in [0.4, 0.5) is 0 Å². The Labute approximate surface area is 344 Å².